The van der Waals surface area contributed by atoms with Gasteiger partial charge in [0.05, 0.1) is 24.3 Å². The number of aromatic hydroxyl groups is 3. The summed E-state index contributed by atoms with van der Waals surface area (Å²) >= 11 is 0. The molecule has 12 nitrogen and oxygen atoms in total. The van der Waals surface area contributed by atoms with Gasteiger partial charge in [0.15, 0.2) is 11.0 Å². The summed E-state index contributed by atoms with van der Waals surface area (Å²) in [5.74, 6) is -1.58. The predicted molar refractivity (Wildman–Crippen MR) is 134 cm³/mol. The maximum atomic E-state index is 13.4. The molecule has 0 bridgehead atoms. The molecule has 12 heteroatoms. The topological polar surface area (TPSA) is 211 Å². The summed E-state index contributed by atoms with van der Waals surface area (Å²) in [5, 5.41) is 83.5. The molecule has 0 amide bonds. The van der Waals surface area contributed by atoms with Gasteiger partial charge in [0.1, 0.15) is 71.1 Å². The van der Waals surface area contributed by atoms with Crippen molar-refractivity contribution in [1.29, 1.82) is 0 Å². The van der Waals surface area contributed by atoms with E-state index < -0.39 is 83.8 Å². The van der Waals surface area contributed by atoms with Crippen LogP contribution >= 0.6 is 0 Å². The van der Waals surface area contributed by atoms with E-state index in [1.165, 1.54) is 30.3 Å². The van der Waals surface area contributed by atoms with Gasteiger partial charge in [-0.2, -0.15) is 0 Å². The summed E-state index contributed by atoms with van der Waals surface area (Å²) < 4.78 is 17.3. The quantitative estimate of drug-likeness (QED) is 0.211. The van der Waals surface area contributed by atoms with Crippen molar-refractivity contribution in [1.82, 2.24) is 0 Å². The van der Waals surface area contributed by atoms with Crippen LogP contribution in [0.1, 0.15) is 30.3 Å². The number of aliphatic hydroxyl groups excluding tert-OH is 5. The normalized spacial score (nSPS) is 29.4. The summed E-state index contributed by atoms with van der Waals surface area (Å²) in [6, 6.07) is 6.73. The average Bonchev–Trinajstić information content (AvgIpc) is 2.89. The van der Waals surface area contributed by atoms with Gasteiger partial charge in [0, 0.05) is 11.6 Å². The Bertz CT molecular complexity index is 1480. The molecule has 1 aromatic heterocycles. The molecule has 5 rings (SSSR count). The number of aliphatic hydroxyl groups is 5. The molecule has 6 unspecified atom stereocenters. The number of benzene rings is 2. The third-order valence-corrected chi connectivity index (χ3v) is 7.14. The Balaban J connectivity index is 1.80. The summed E-state index contributed by atoms with van der Waals surface area (Å²) in [6.07, 6.45) is -8.86. The summed E-state index contributed by atoms with van der Waals surface area (Å²) in [5.41, 5.74) is -1.04. The molecule has 39 heavy (non-hydrogen) atoms. The van der Waals surface area contributed by atoms with Gasteiger partial charge in [0.25, 0.3) is 0 Å². The van der Waals surface area contributed by atoms with Gasteiger partial charge in [-0.3, -0.25) is 4.79 Å². The number of phenolic OH excluding ortho intramolecular Hbond substituents is 3. The molecule has 0 radical (unpaired) electrons. The summed E-state index contributed by atoms with van der Waals surface area (Å²) in [4.78, 5) is 13.4. The molecule has 1 fully saturated rings. The lowest BCUT2D eigenvalue weighted by molar-refractivity contribution is -0.189. The van der Waals surface area contributed by atoms with Crippen molar-refractivity contribution in [2.24, 2.45) is 0 Å². The monoisotopic (exact) mass is 544 g/mol. The van der Waals surface area contributed by atoms with Crippen molar-refractivity contribution in [3.63, 3.8) is 0 Å². The summed E-state index contributed by atoms with van der Waals surface area (Å²) in [6.45, 7) is 0.698. The first kappa shape index (κ1) is 27.1. The minimum atomic E-state index is -1.80. The van der Waals surface area contributed by atoms with Crippen molar-refractivity contribution >= 4 is 11.0 Å². The number of fused-ring (bicyclic) bond motifs is 1. The molecule has 208 valence electrons. The van der Waals surface area contributed by atoms with Crippen LogP contribution in [0.5, 0.6) is 17.2 Å². The Morgan fingerprint density at radius 2 is 1.62 bits per heavy atom. The third kappa shape index (κ3) is 4.55. The van der Waals surface area contributed by atoms with Crippen LogP contribution in [0.15, 0.2) is 51.2 Å². The molecule has 1 saturated heterocycles. The third-order valence-electron chi connectivity index (χ3n) is 7.14. The van der Waals surface area contributed by atoms with Crippen LogP contribution in [-0.2, 0) is 9.47 Å². The second kappa shape index (κ2) is 10.2. The van der Waals surface area contributed by atoms with E-state index in [1.807, 2.05) is 0 Å². The molecule has 0 spiro atoms. The van der Waals surface area contributed by atoms with Crippen molar-refractivity contribution in [2.45, 2.75) is 49.7 Å². The van der Waals surface area contributed by atoms with Gasteiger partial charge < -0.3 is 54.7 Å². The number of hydrogen-bond acceptors (Lipinski definition) is 12. The number of ether oxygens (including phenoxy) is 2. The van der Waals surface area contributed by atoms with Crippen molar-refractivity contribution in [3.8, 4) is 28.6 Å². The fourth-order valence-corrected chi connectivity index (χ4v) is 5.02. The highest BCUT2D eigenvalue weighted by Gasteiger charge is 2.44. The first-order chi connectivity index (χ1) is 18.5. The van der Waals surface area contributed by atoms with Gasteiger partial charge >= 0.3 is 0 Å². The van der Waals surface area contributed by atoms with Crippen molar-refractivity contribution in [2.75, 3.05) is 13.2 Å². The van der Waals surface area contributed by atoms with Crippen molar-refractivity contribution in [3.05, 3.63) is 63.3 Å². The van der Waals surface area contributed by atoms with E-state index in [4.69, 9.17) is 13.9 Å². The Morgan fingerprint density at radius 3 is 2.28 bits per heavy atom. The fourth-order valence-electron chi connectivity index (χ4n) is 5.02. The van der Waals surface area contributed by atoms with Gasteiger partial charge in [-0.25, -0.2) is 0 Å². The maximum Gasteiger partial charge on any atom is 0.197 e. The lowest BCUT2D eigenvalue weighted by atomic mass is 9.87. The van der Waals surface area contributed by atoms with Crippen LogP contribution in [0, 0.1) is 0 Å². The Labute approximate surface area is 220 Å². The fraction of sp³-hybridized carbons (Fsp3) is 0.370. The zero-order chi connectivity index (χ0) is 28.2. The average molecular weight is 545 g/mol. The van der Waals surface area contributed by atoms with E-state index in [0.717, 1.165) is 6.07 Å². The van der Waals surface area contributed by atoms with Crippen LogP contribution < -0.4 is 5.43 Å². The molecule has 0 saturated carbocycles. The minimum absolute atomic E-state index is 0.0148. The van der Waals surface area contributed by atoms with E-state index in [0.29, 0.717) is 11.1 Å². The predicted octanol–water partition coefficient (Wildman–Crippen LogP) is 0.470. The van der Waals surface area contributed by atoms with Gasteiger partial charge in [-0.1, -0.05) is 6.08 Å². The van der Waals surface area contributed by atoms with Crippen LogP contribution in [0.3, 0.4) is 0 Å². The van der Waals surface area contributed by atoms with Crippen LogP contribution in [-0.4, -0.2) is 84.6 Å². The highest BCUT2D eigenvalue weighted by atomic mass is 16.5. The van der Waals surface area contributed by atoms with E-state index >= 15 is 0 Å². The van der Waals surface area contributed by atoms with Crippen molar-refractivity contribution < 1.29 is 54.7 Å². The highest BCUT2D eigenvalue weighted by molar-refractivity contribution is 5.92. The second-order valence-electron chi connectivity index (χ2n) is 9.68. The zero-order valence-corrected chi connectivity index (χ0v) is 20.6. The molecule has 7 atom stereocenters. The Morgan fingerprint density at radius 1 is 0.923 bits per heavy atom. The number of hydrogen-bond donors (Lipinski definition) is 8. The molecular formula is C27H28O12. The molecular weight excluding hydrogens is 516 g/mol. The van der Waals surface area contributed by atoms with E-state index in [-0.39, 0.29) is 22.7 Å². The van der Waals surface area contributed by atoms with Gasteiger partial charge in [-0.05, 0) is 36.8 Å². The number of rotatable bonds is 4. The Kier molecular flexibility index (Phi) is 7.11. The van der Waals surface area contributed by atoms with E-state index in [9.17, 15) is 45.6 Å². The largest absolute Gasteiger partial charge is 0.508 e. The Hall–Kier alpha value is -3.49. The molecule has 2 aliphatic rings. The lowest BCUT2D eigenvalue weighted by Gasteiger charge is -2.37. The molecule has 8 N–H and O–H groups in total. The zero-order valence-electron chi connectivity index (χ0n) is 20.6. The second-order valence-corrected chi connectivity index (χ2v) is 9.68. The molecule has 0 aliphatic carbocycles. The van der Waals surface area contributed by atoms with Crippen LogP contribution in [0.25, 0.3) is 22.3 Å². The number of phenols is 3. The highest BCUT2D eigenvalue weighted by Crippen LogP contribution is 2.50. The van der Waals surface area contributed by atoms with Crippen LogP contribution in [0.4, 0.5) is 0 Å². The van der Waals surface area contributed by atoms with Crippen LogP contribution in [0.2, 0.25) is 0 Å². The maximum absolute atomic E-state index is 13.4. The molecule has 2 aromatic carbocycles. The molecule has 3 heterocycles. The summed E-state index contributed by atoms with van der Waals surface area (Å²) in [7, 11) is 0. The SMILES string of the molecule is CC1=C[C@H](O)C(c2c(O)c(C3OCC(O)C(O)C3O)c3oc(-c4ccc(O)cc4)cc(=O)c3c2O)OC1CO. The van der Waals surface area contributed by atoms with Gasteiger partial charge in [0.2, 0.25) is 0 Å². The lowest BCUT2D eigenvalue weighted by Crippen LogP contribution is -2.49. The minimum Gasteiger partial charge on any atom is -0.508 e. The van der Waals surface area contributed by atoms with E-state index in [1.54, 1.807) is 6.92 Å². The first-order valence-corrected chi connectivity index (χ1v) is 12.2. The van der Waals surface area contributed by atoms with E-state index in [2.05, 4.69) is 0 Å². The smallest absolute Gasteiger partial charge is 0.197 e. The molecule has 3 aromatic rings. The molecule has 2 aliphatic heterocycles. The van der Waals surface area contributed by atoms with Gasteiger partial charge in [-0.15, -0.1) is 0 Å². The first-order valence-electron chi connectivity index (χ1n) is 12.2. The standard InChI is InChI=1S/C27H28O12/c1-10-6-14(31)25(39-17(10)8-28)19-22(34)18-13(30)7-16(11-2-4-12(29)5-3-11)38-26(18)20(23(19)35)27-24(36)21(33)15(32)9-37-27/h2-7,14-15,17,21,24-25,27-29,31-36H,8-9H2,1H3/t14-,15?,17?,21?,24?,25?,27?/m0/s1.